The second-order valence-corrected chi connectivity index (χ2v) is 7.32. The number of aliphatic hydroxyl groups is 1. The molecule has 1 heterocycles. The van der Waals surface area contributed by atoms with Crippen LogP contribution in [0.25, 0.3) is 0 Å². The highest BCUT2D eigenvalue weighted by Gasteiger charge is 2.46. The van der Waals surface area contributed by atoms with Gasteiger partial charge in [-0.1, -0.05) is 44.2 Å². The van der Waals surface area contributed by atoms with Gasteiger partial charge in [-0.15, -0.1) is 0 Å². The maximum Gasteiger partial charge on any atom is 0.343 e. The number of esters is 1. The van der Waals surface area contributed by atoms with Gasteiger partial charge >= 0.3 is 5.97 Å². The van der Waals surface area contributed by atoms with Gasteiger partial charge in [-0.05, 0) is 43.2 Å². The number of carbonyl (C=O) groups excluding carboxylic acids is 1. The molecule has 4 unspecified atom stereocenters. The molecule has 1 aromatic rings. The highest BCUT2D eigenvalue weighted by atomic mass is 16.6. The Labute approximate surface area is 138 Å². The van der Waals surface area contributed by atoms with Crippen LogP contribution >= 0.6 is 0 Å². The van der Waals surface area contributed by atoms with Crippen LogP contribution in [-0.4, -0.2) is 30.3 Å². The molecule has 2 bridgehead atoms. The van der Waals surface area contributed by atoms with E-state index in [9.17, 15) is 9.90 Å². The lowest BCUT2D eigenvalue weighted by atomic mass is 9.83. The molecule has 0 aromatic heterocycles. The highest BCUT2D eigenvalue weighted by Crippen LogP contribution is 2.39. The fraction of sp³-hybridized carbons (Fsp3) is 0.632. The highest BCUT2D eigenvalue weighted by molar-refractivity contribution is 5.81. The smallest absolute Gasteiger partial charge is 0.343 e. The maximum absolute atomic E-state index is 12.8. The molecule has 4 nitrogen and oxygen atoms in total. The van der Waals surface area contributed by atoms with E-state index < -0.39 is 11.6 Å². The number of fused-ring (bicyclic) bond motifs is 2. The van der Waals surface area contributed by atoms with Gasteiger partial charge < -0.3 is 15.2 Å². The van der Waals surface area contributed by atoms with E-state index in [0.29, 0.717) is 17.4 Å². The average molecular weight is 317 g/mol. The van der Waals surface area contributed by atoms with Crippen molar-refractivity contribution in [2.24, 2.45) is 17.8 Å². The van der Waals surface area contributed by atoms with Crippen molar-refractivity contribution in [3.63, 3.8) is 0 Å². The first-order valence-corrected chi connectivity index (χ1v) is 8.71. The van der Waals surface area contributed by atoms with Crippen LogP contribution in [0.1, 0.15) is 38.7 Å². The van der Waals surface area contributed by atoms with Crippen molar-refractivity contribution in [2.75, 3.05) is 13.1 Å². The van der Waals surface area contributed by atoms with Gasteiger partial charge in [-0.25, -0.2) is 4.79 Å². The first-order valence-electron chi connectivity index (χ1n) is 8.71. The molecular weight excluding hydrogens is 290 g/mol. The Balaban J connectivity index is 1.77. The van der Waals surface area contributed by atoms with Crippen molar-refractivity contribution in [3.8, 4) is 0 Å². The number of hydrogen-bond donors (Lipinski definition) is 2. The number of rotatable bonds is 4. The number of nitrogens with one attached hydrogen (secondary N) is 1. The summed E-state index contributed by atoms with van der Waals surface area (Å²) in [6.07, 6.45) is 3.13. The minimum absolute atomic E-state index is 0.0747. The second kappa shape index (κ2) is 6.62. The van der Waals surface area contributed by atoms with Gasteiger partial charge in [0.2, 0.25) is 0 Å². The molecule has 0 radical (unpaired) electrons. The number of hydrogen-bond acceptors (Lipinski definition) is 4. The van der Waals surface area contributed by atoms with Crippen molar-refractivity contribution in [2.45, 2.75) is 44.8 Å². The van der Waals surface area contributed by atoms with E-state index in [2.05, 4.69) is 5.32 Å². The number of carbonyl (C=O) groups is 1. The molecule has 0 amide bonds. The fourth-order valence-electron chi connectivity index (χ4n) is 3.99. The summed E-state index contributed by atoms with van der Waals surface area (Å²) in [7, 11) is 0. The normalized spacial score (nSPS) is 29.8. The summed E-state index contributed by atoms with van der Waals surface area (Å²) in [5.41, 5.74) is -0.974. The molecule has 4 atom stereocenters. The Bertz CT molecular complexity index is 545. The van der Waals surface area contributed by atoms with Gasteiger partial charge in [0.25, 0.3) is 0 Å². The van der Waals surface area contributed by atoms with Gasteiger partial charge in [0.05, 0.1) is 0 Å². The minimum atomic E-state index is -1.58. The van der Waals surface area contributed by atoms with Crippen LogP contribution in [0.3, 0.4) is 0 Å². The zero-order valence-corrected chi connectivity index (χ0v) is 14.0. The van der Waals surface area contributed by atoms with Crippen molar-refractivity contribution < 1.29 is 14.6 Å². The lowest BCUT2D eigenvalue weighted by Gasteiger charge is -2.32. The van der Waals surface area contributed by atoms with E-state index in [1.165, 1.54) is 0 Å². The van der Waals surface area contributed by atoms with Crippen LogP contribution in [0.4, 0.5) is 0 Å². The summed E-state index contributed by atoms with van der Waals surface area (Å²) in [5.74, 6) is 0.254. The fourth-order valence-corrected chi connectivity index (χ4v) is 3.99. The SMILES string of the molecule is CC(C)C(O)(C(=O)OC1CC2CCNCC1C2)c1ccccc1. The largest absolute Gasteiger partial charge is 0.460 e. The molecular formula is C19H27NO3. The summed E-state index contributed by atoms with van der Waals surface area (Å²) >= 11 is 0. The Morgan fingerprint density at radius 3 is 2.74 bits per heavy atom. The second-order valence-electron chi connectivity index (χ2n) is 7.32. The van der Waals surface area contributed by atoms with Gasteiger partial charge in [-0.3, -0.25) is 0 Å². The first kappa shape index (κ1) is 16.5. The molecule has 0 spiro atoms. The number of benzene rings is 1. The van der Waals surface area contributed by atoms with Crippen molar-refractivity contribution in [3.05, 3.63) is 35.9 Å². The first-order chi connectivity index (χ1) is 11.0. The van der Waals surface area contributed by atoms with E-state index in [1.54, 1.807) is 12.1 Å². The molecule has 126 valence electrons. The molecule has 4 heteroatoms. The summed E-state index contributed by atoms with van der Waals surface area (Å²) in [4.78, 5) is 12.8. The monoisotopic (exact) mass is 317 g/mol. The van der Waals surface area contributed by atoms with Gasteiger partial charge in [0, 0.05) is 12.5 Å². The molecule has 3 rings (SSSR count). The summed E-state index contributed by atoms with van der Waals surface area (Å²) in [6, 6.07) is 9.14. The number of ether oxygens (including phenoxy) is 1. The van der Waals surface area contributed by atoms with E-state index >= 15 is 0 Å². The molecule has 2 fully saturated rings. The summed E-state index contributed by atoms with van der Waals surface area (Å²) in [6.45, 7) is 5.67. The van der Waals surface area contributed by atoms with Crippen LogP contribution in [0, 0.1) is 17.8 Å². The predicted molar refractivity (Wildman–Crippen MR) is 88.8 cm³/mol. The third kappa shape index (κ3) is 3.15. The van der Waals surface area contributed by atoms with Gasteiger partial charge in [0.1, 0.15) is 6.10 Å². The van der Waals surface area contributed by atoms with Crippen LogP contribution in [-0.2, 0) is 15.1 Å². The molecule has 1 aliphatic heterocycles. The summed E-state index contributed by atoms with van der Waals surface area (Å²) < 4.78 is 5.83. The third-order valence-corrected chi connectivity index (χ3v) is 5.48. The van der Waals surface area contributed by atoms with Crippen LogP contribution in [0.15, 0.2) is 30.3 Å². The average Bonchev–Trinajstić information content (AvgIpc) is 2.76. The third-order valence-electron chi connectivity index (χ3n) is 5.48. The van der Waals surface area contributed by atoms with E-state index in [0.717, 1.165) is 32.4 Å². The van der Waals surface area contributed by atoms with Crippen molar-refractivity contribution >= 4 is 5.97 Å². The Kier molecular flexibility index (Phi) is 4.74. The standard InChI is InChI=1S/C19H27NO3/c1-13(2)19(22,16-6-4-3-5-7-16)18(21)23-17-11-14-8-9-20-12-15(17)10-14/h3-7,13-15,17,20,22H,8-12H2,1-2H3. The van der Waals surface area contributed by atoms with Crippen LogP contribution < -0.4 is 5.32 Å². The van der Waals surface area contributed by atoms with Crippen LogP contribution in [0.2, 0.25) is 0 Å². The molecule has 2 N–H and O–H groups in total. The lowest BCUT2D eigenvalue weighted by Crippen LogP contribution is -2.45. The van der Waals surface area contributed by atoms with Gasteiger partial charge in [0.15, 0.2) is 5.60 Å². The Morgan fingerprint density at radius 1 is 1.30 bits per heavy atom. The van der Waals surface area contributed by atoms with E-state index in [-0.39, 0.29) is 12.0 Å². The maximum atomic E-state index is 12.8. The van der Waals surface area contributed by atoms with Crippen LogP contribution in [0.5, 0.6) is 0 Å². The van der Waals surface area contributed by atoms with Crippen molar-refractivity contribution in [1.29, 1.82) is 0 Å². The molecule has 1 aromatic carbocycles. The van der Waals surface area contributed by atoms with Crippen molar-refractivity contribution in [1.82, 2.24) is 5.32 Å². The summed E-state index contributed by atoms with van der Waals surface area (Å²) in [5, 5.41) is 14.5. The molecule has 23 heavy (non-hydrogen) atoms. The topological polar surface area (TPSA) is 58.6 Å². The zero-order valence-electron chi connectivity index (χ0n) is 14.0. The molecule has 1 saturated heterocycles. The molecule has 2 aliphatic rings. The minimum Gasteiger partial charge on any atom is -0.460 e. The quantitative estimate of drug-likeness (QED) is 0.838. The Morgan fingerprint density at radius 2 is 2.04 bits per heavy atom. The van der Waals surface area contributed by atoms with E-state index in [1.807, 2.05) is 32.0 Å². The Hall–Kier alpha value is -1.39. The van der Waals surface area contributed by atoms with E-state index in [4.69, 9.17) is 4.74 Å². The van der Waals surface area contributed by atoms with Gasteiger partial charge in [-0.2, -0.15) is 0 Å². The zero-order chi connectivity index (χ0) is 16.4. The molecule has 1 aliphatic carbocycles. The lowest BCUT2D eigenvalue weighted by molar-refractivity contribution is -0.179. The molecule has 1 saturated carbocycles. The predicted octanol–water partition coefficient (Wildman–Crippen LogP) is 2.46.